The molecular formula is C13H19NO2. The maximum absolute atomic E-state index is 10.9. The van der Waals surface area contributed by atoms with E-state index in [1.165, 1.54) is 0 Å². The summed E-state index contributed by atoms with van der Waals surface area (Å²) in [5.74, 6) is 0.246. The molecule has 1 aromatic rings. The number of aromatic hydroxyl groups is 1. The molecule has 0 fully saturated rings. The highest BCUT2D eigenvalue weighted by Crippen LogP contribution is 2.12. The molecule has 0 bridgehead atoms. The summed E-state index contributed by atoms with van der Waals surface area (Å²) in [4.78, 5) is 10.9. The first-order valence-corrected chi connectivity index (χ1v) is 5.41. The number of benzene rings is 1. The zero-order valence-electron chi connectivity index (χ0n) is 10.0. The molecule has 1 aromatic carbocycles. The largest absolute Gasteiger partial charge is 0.508 e. The molecule has 88 valence electrons. The zero-order valence-corrected chi connectivity index (χ0v) is 10.0. The van der Waals surface area contributed by atoms with Crippen LogP contribution in [0.5, 0.6) is 5.75 Å². The predicted molar refractivity (Wildman–Crippen MR) is 64.6 cm³/mol. The molecule has 0 aliphatic heterocycles. The van der Waals surface area contributed by atoms with E-state index in [1.54, 1.807) is 12.1 Å². The summed E-state index contributed by atoms with van der Waals surface area (Å²) < 4.78 is 0. The van der Waals surface area contributed by atoms with E-state index in [9.17, 15) is 4.79 Å². The number of phenolic OH excluding ortho intramolecular Hbond substituents is 1. The average molecular weight is 221 g/mol. The van der Waals surface area contributed by atoms with Crippen LogP contribution in [0.2, 0.25) is 0 Å². The molecule has 1 atom stereocenters. The van der Waals surface area contributed by atoms with Crippen LogP contribution in [0.4, 0.5) is 0 Å². The van der Waals surface area contributed by atoms with Gasteiger partial charge in [-0.05, 0) is 44.9 Å². The quantitative estimate of drug-likeness (QED) is 0.763. The average Bonchev–Trinajstić information content (AvgIpc) is 2.18. The maximum atomic E-state index is 10.9. The molecule has 2 N–H and O–H groups in total. The number of phenols is 1. The Balaban J connectivity index is 2.63. The number of nitrogens with one attached hydrogen (secondary N) is 1. The lowest BCUT2D eigenvalue weighted by atomic mass is 10.0. The molecule has 0 aliphatic carbocycles. The molecule has 3 nitrogen and oxygen atoms in total. The van der Waals surface area contributed by atoms with E-state index in [0.717, 1.165) is 11.8 Å². The molecule has 0 saturated carbocycles. The van der Waals surface area contributed by atoms with Crippen molar-refractivity contribution in [3.8, 4) is 5.75 Å². The standard InChI is InChI=1S/C13H19NO2/c1-13(2,3)14-11(9-15)8-10-4-6-12(16)7-5-10/h4-7,9,11,14,16H,8H2,1-3H3/t11-/m1/s1. The lowest BCUT2D eigenvalue weighted by Crippen LogP contribution is -2.45. The number of aldehydes is 1. The minimum atomic E-state index is -0.190. The third-order valence-corrected chi connectivity index (χ3v) is 2.17. The van der Waals surface area contributed by atoms with Crippen LogP contribution in [0, 0.1) is 0 Å². The summed E-state index contributed by atoms with van der Waals surface area (Å²) >= 11 is 0. The SMILES string of the molecule is CC(C)(C)N[C@@H](C=O)Cc1ccc(O)cc1. The van der Waals surface area contributed by atoms with Crippen LogP contribution in [0.25, 0.3) is 0 Å². The Kier molecular flexibility index (Phi) is 4.07. The molecule has 0 amide bonds. The second-order valence-corrected chi connectivity index (χ2v) is 5.01. The number of hydrogen-bond donors (Lipinski definition) is 2. The molecular weight excluding hydrogens is 202 g/mol. The maximum Gasteiger partial charge on any atom is 0.137 e. The van der Waals surface area contributed by atoms with Crippen LogP contribution in [-0.2, 0) is 11.2 Å². The van der Waals surface area contributed by atoms with Crippen LogP contribution in [0.15, 0.2) is 24.3 Å². The summed E-state index contributed by atoms with van der Waals surface area (Å²) in [5.41, 5.74) is 0.953. The Labute approximate surface area is 96.5 Å². The topological polar surface area (TPSA) is 49.3 Å². The molecule has 0 spiro atoms. The van der Waals surface area contributed by atoms with Crippen LogP contribution >= 0.6 is 0 Å². The summed E-state index contributed by atoms with van der Waals surface area (Å²) in [5, 5.41) is 12.4. The Morgan fingerprint density at radius 2 is 1.88 bits per heavy atom. The van der Waals surface area contributed by atoms with Gasteiger partial charge in [-0.25, -0.2) is 0 Å². The van der Waals surface area contributed by atoms with Gasteiger partial charge in [0.1, 0.15) is 12.0 Å². The summed E-state index contributed by atoms with van der Waals surface area (Å²) in [6.45, 7) is 6.08. The Bertz CT molecular complexity index is 338. The van der Waals surface area contributed by atoms with Crippen molar-refractivity contribution >= 4 is 6.29 Å². The molecule has 0 unspecified atom stereocenters. The third-order valence-electron chi connectivity index (χ3n) is 2.17. The van der Waals surface area contributed by atoms with E-state index in [-0.39, 0.29) is 17.3 Å². The van der Waals surface area contributed by atoms with Crippen LogP contribution in [0.3, 0.4) is 0 Å². The van der Waals surface area contributed by atoms with Crippen molar-refractivity contribution in [2.45, 2.75) is 38.8 Å². The first kappa shape index (κ1) is 12.7. The highest BCUT2D eigenvalue weighted by atomic mass is 16.3. The fraction of sp³-hybridized carbons (Fsp3) is 0.462. The molecule has 0 aromatic heterocycles. The predicted octanol–water partition coefficient (Wildman–Crippen LogP) is 1.89. The second kappa shape index (κ2) is 5.12. The van der Waals surface area contributed by atoms with Gasteiger partial charge in [-0.2, -0.15) is 0 Å². The summed E-state index contributed by atoms with van der Waals surface area (Å²) in [7, 11) is 0. The van der Waals surface area contributed by atoms with E-state index in [1.807, 2.05) is 32.9 Å². The Morgan fingerprint density at radius 1 is 1.31 bits per heavy atom. The van der Waals surface area contributed by atoms with Crippen LogP contribution in [0.1, 0.15) is 26.3 Å². The van der Waals surface area contributed by atoms with E-state index >= 15 is 0 Å². The van der Waals surface area contributed by atoms with Gasteiger partial charge in [0, 0.05) is 5.54 Å². The number of carbonyl (C=O) groups is 1. The van der Waals surface area contributed by atoms with Crippen LogP contribution < -0.4 is 5.32 Å². The van der Waals surface area contributed by atoms with Crippen molar-refractivity contribution in [2.75, 3.05) is 0 Å². The van der Waals surface area contributed by atoms with Gasteiger partial charge in [0.25, 0.3) is 0 Å². The Hall–Kier alpha value is -1.35. The highest BCUT2D eigenvalue weighted by molar-refractivity contribution is 5.58. The molecule has 16 heavy (non-hydrogen) atoms. The Morgan fingerprint density at radius 3 is 2.31 bits per heavy atom. The van der Waals surface area contributed by atoms with Crippen molar-refractivity contribution < 1.29 is 9.90 Å². The fourth-order valence-corrected chi connectivity index (χ4v) is 1.58. The van der Waals surface area contributed by atoms with Gasteiger partial charge in [-0.15, -0.1) is 0 Å². The molecule has 0 aliphatic rings. The van der Waals surface area contributed by atoms with Gasteiger partial charge < -0.3 is 15.2 Å². The van der Waals surface area contributed by atoms with Crippen molar-refractivity contribution in [2.24, 2.45) is 0 Å². The van der Waals surface area contributed by atoms with Gasteiger partial charge in [0.05, 0.1) is 6.04 Å². The van der Waals surface area contributed by atoms with Crippen LogP contribution in [-0.4, -0.2) is 23.0 Å². The molecule has 0 saturated heterocycles. The first-order chi connectivity index (χ1) is 7.40. The molecule has 1 rings (SSSR count). The van der Waals surface area contributed by atoms with Crippen molar-refractivity contribution in [1.29, 1.82) is 0 Å². The van der Waals surface area contributed by atoms with Gasteiger partial charge in [-0.3, -0.25) is 0 Å². The van der Waals surface area contributed by atoms with Gasteiger partial charge >= 0.3 is 0 Å². The van der Waals surface area contributed by atoms with Gasteiger partial charge in [0.2, 0.25) is 0 Å². The van der Waals surface area contributed by atoms with Crippen molar-refractivity contribution in [3.05, 3.63) is 29.8 Å². The highest BCUT2D eigenvalue weighted by Gasteiger charge is 2.16. The van der Waals surface area contributed by atoms with E-state index < -0.39 is 0 Å². The number of hydrogen-bond acceptors (Lipinski definition) is 3. The van der Waals surface area contributed by atoms with E-state index in [4.69, 9.17) is 5.11 Å². The fourth-order valence-electron chi connectivity index (χ4n) is 1.58. The van der Waals surface area contributed by atoms with Crippen molar-refractivity contribution in [3.63, 3.8) is 0 Å². The second-order valence-electron chi connectivity index (χ2n) is 5.01. The molecule has 3 heteroatoms. The minimum Gasteiger partial charge on any atom is -0.508 e. The molecule has 0 radical (unpaired) electrons. The van der Waals surface area contributed by atoms with E-state index in [2.05, 4.69) is 5.32 Å². The van der Waals surface area contributed by atoms with Crippen molar-refractivity contribution in [1.82, 2.24) is 5.32 Å². The van der Waals surface area contributed by atoms with E-state index in [0.29, 0.717) is 6.42 Å². The summed E-state index contributed by atoms with van der Waals surface area (Å²) in [6.07, 6.45) is 1.57. The normalized spacial score (nSPS) is 13.4. The number of rotatable bonds is 4. The lowest BCUT2D eigenvalue weighted by molar-refractivity contribution is -0.110. The molecule has 0 heterocycles. The lowest BCUT2D eigenvalue weighted by Gasteiger charge is -2.25. The third kappa shape index (κ3) is 4.45. The minimum absolute atomic E-state index is 0.0809. The summed E-state index contributed by atoms with van der Waals surface area (Å²) in [6, 6.07) is 6.74. The first-order valence-electron chi connectivity index (χ1n) is 5.41. The smallest absolute Gasteiger partial charge is 0.137 e. The zero-order chi connectivity index (χ0) is 12.2. The number of carbonyl (C=O) groups excluding carboxylic acids is 1. The van der Waals surface area contributed by atoms with Gasteiger partial charge in [0.15, 0.2) is 0 Å². The van der Waals surface area contributed by atoms with Gasteiger partial charge in [-0.1, -0.05) is 12.1 Å². The monoisotopic (exact) mass is 221 g/mol.